The lowest BCUT2D eigenvalue weighted by atomic mass is 9.95. The van der Waals surface area contributed by atoms with E-state index in [0.717, 1.165) is 58.0 Å². The Morgan fingerprint density at radius 3 is 2.07 bits per heavy atom. The zero-order valence-corrected chi connectivity index (χ0v) is 33.0. The first kappa shape index (κ1) is 39.8. The zero-order valence-electron chi connectivity index (χ0n) is 31.4. The van der Waals surface area contributed by atoms with Crippen molar-refractivity contribution in [1.29, 1.82) is 0 Å². The Kier molecular flexibility index (Phi) is 11.5. The van der Waals surface area contributed by atoms with Gasteiger partial charge in [0, 0.05) is 28.2 Å². The molecule has 1 aromatic heterocycles. The third-order valence-electron chi connectivity index (χ3n) is 10.7. The zero-order chi connectivity index (χ0) is 40.3. The molecule has 13 heteroatoms. The molecule has 0 aliphatic heterocycles. The van der Waals surface area contributed by atoms with Gasteiger partial charge in [0.1, 0.15) is 16.6 Å². The SMILES string of the molecule is CCN(C1(C(=O)O)CC1)S(=O)(=O)c1cccc(C(=O)Nc2sc3c(c2C(=O)Nc2ccc(CCc4ccc(C(=O)C(O)c5ccccc5)cc4)cc2)CCCC3)c1. The molecule has 1 saturated carbocycles. The number of aliphatic hydroxyl groups is 1. The van der Waals surface area contributed by atoms with Gasteiger partial charge in [-0.15, -0.1) is 11.3 Å². The first-order chi connectivity index (χ1) is 27.4. The summed E-state index contributed by atoms with van der Waals surface area (Å²) in [6.07, 6.45) is 4.02. The van der Waals surface area contributed by atoms with Crippen molar-refractivity contribution >= 4 is 55.6 Å². The Balaban J connectivity index is 1.01. The van der Waals surface area contributed by atoms with E-state index >= 15 is 0 Å². The van der Waals surface area contributed by atoms with Crippen molar-refractivity contribution in [2.24, 2.45) is 0 Å². The summed E-state index contributed by atoms with van der Waals surface area (Å²) in [6, 6.07) is 29.2. The van der Waals surface area contributed by atoms with Crippen LogP contribution in [0, 0.1) is 0 Å². The van der Waals surface area contributed by atoms with Crippen LogP contribution in [0.4, 0.5) is 10.7 Å². The highest BCUT2D eigenvalue weighted by molar-refractivity contribution is 7.89. The molecular formula is C44H43N3O8S2. The highest BCUT2D eigenvalue weighted by Gasteiger charge is 2.59. The molecule has 2 amide bonds. The summed E-state index contributed by atoms with van der Waals surface area (Å²) in [6.45, 7) is 1.56. The standard InChI is InChI=1S/C44H43N3O8S2/c1-2-47(44(25-26-44)43(52)53)57(54,55)34-12-8-11-32(27-34)40(50)46-42-37(35-13-6-7-14-36(35)56-42)41(51)45-33-23-19-29(20-24-33)16-15-28-17-21-31(22-18-28)39(49)38(48)30-9-4-3-5-10-30/h3-5,8-12,17-24,27,38,48H,2,6-7,13-16,25-26H2,1H3,(H,45,51)(H,46,50)(H,52,53). The molecule has 1 unspecified atom stereocenters. The molecule has 5 aromatic rings. The molecule has 1 heterocycles. The molecular weight excluding hydrogens is 763 g/mol. The van der Waals surface area contributed by atoms with Crippen molar-refractivity contribution in [2.75, 3.05) is 17.2 Å². The van der Waals surface area contributed by atoms with Crippen LogP contribution >= 0.6 is 11.3 Å². The molecule has 1 fully saturated rings. The predicted molar refractivity (Wildman–Crippen MR) is 219 cm³/mol. The number of aryl methyl sites for hydroxylation is 3. The molecule has 0 spiro atoms. The molecule has 7 rings (SSSR count). The fourth-order valence-corrected chi connectivity index (χ4v) is 10.5. The number of carboxylic acid groups (broad SMARTS) is 1. The van der Waals surface area contributed by atoms with Crippen molar-refractivity contribution in [3.05, 3.63) is 147 Å². The van der Waals surface area contributed by atoms with E-state index in [1.165, 1.54) is 35.6 Å². The first-order valence-corrected chi connectivity index (χ1v) is 21.3. The smallest absolute Gasteiger partial charge is 0.325 e. The van der Waals surface area contributed by atoms with Crippen molar-refractivity contribution < 1.29 is 37.8 Å². The fourth-order valence-electron chi connectivity index (χ4n) is 7.40. The molecule has 0 radical (unpaired) electrons. The van der Waals surface area contributed by atoms with Crippen LogP contribution < -0.4 is 10.6 Å². The lowest BCUT2D eigenvalue weighted by molar-refractivity contribution is -0.143. The van der Waals surface area contributed by atoms with E-state index in [1.807, 2.05) is 42.5 Å². The summed E-state index contributed by atoms with van der Waals surface area (Å²) in [4.78, 5) is 53.2. The molecule has 2 aliphatic carbocycles. The van der Waals surface area contributed by atoms with Crippen molar-refractivity contribution in [1.82, 2.24) is 4.31 Å². The average Bonchev–Trinajstić information content (AvgIpc) is 3.95. The third-order valence-corrected chi connectivity index (χ3v) is 14.0. The van der Waals surface area contributed by atoms with Crippen LogP contribution in [0.2, 0.25) is 0 Å². The number of ketones is 1. The average molecular weight is 806 g/mol. The number of hydrogen-bond acceptors (Lipinski definition) is 8. The number of likely N-dealkylation sites (N-methyl/N-ethyl adjacent to an activating group) is 1. The van der Waals surface area contributed by atoms with Gasteiger partial charge in [0.15, 0.2) is 5.78 Å². The highest BCUT2D eigenvalue weighted by atomic mass is 32.2. The number of hydrogen-bond donors (Lipinski definition) is 4. The number of nitrogens with zero attached hydrogens (tertiary/aromatic N) is 1. The third kappa shape index (κ3) is 8.33. The maximum atomic E-state index is 13.9. The maximum absolute atomic E-state index is 13.9. The molecule has 0 saturated heterocycles. The monoisotopic (exact) mass is 805 g/mol. The van der Waals surface area contributed by atoms with E-state index in [2.05, 4.69) is 10.6 Å². The number of sulfonamides is 1. The van der Waals surface area contributed by atoms with Gasteiger partial charge in [-0.3, -0.25) is 19.2 Å². The minimum Gasteiger partial charge on any atom is -0.480 e. The quantitative estimate of drug-likeness (QED) is 0.0791. The van der Waals surface area contributed by atoms with Crippen LogP contribution in [-0.4, -0.2) is 58.6 Å². The molecule has 4 N–H and O–H groups in total. The number of nitrogens with one attached hydrogen (secondary N) is 2. The van der Waals surface area contributed by atoms with E-state index < -0.39 is 33.5 Å². The van der Waals surface area contributed by atoms with Crippen LogP contribution in [0.25, 0.3) is 0 Å². The van der Waals surface area contributed by atoms with Gasteiger partial charge in [-0.2, -0.15) is 4.31 Å². The summed E-state index contributed by atoms with van der Waals surface area (Å²) in [5, 5.41) is 26.5. The number of Topliss-reactive ketones (excluding diaryl/α,β-unsaturated/α-hetero) is 1. The molecule has 11 nitrogen and oxygen atoms in total. The van der Waals surface area contributed by atoms with Gasteiger partial charge in [-0.1, -0.05) is 79.7 Å². The van der Waals surface area contributed by atoms with Gasteiger partial charge < -0.3 is 20.8 Å². The molecule has 1 atom stereocenters. The van der Waals surface area contributed by atoms with Crippen LogP contribution in [-0.2, 0) is 40.5 Å². The highest BCUT2D eigenvalue weighted by Crippen LogP contribution is 2.45. The number of amides is 2. The van der Waals surface area contributed by atoms with Gasteiger partial charge >= 0.3 is 5.97 Å². The topological polar surface area (TPSA) is 170 Å². The number of rotatable bonds is 15. The lowest BCUT2D eigenvalue weighted by Gasteiger charge is -2.27. The second kappa shape index (κ2) is 16.6. The van der Waals surface area contributed by atoms with E-state index in [-0.39, 0.29) is 41.5 Å². The van der Waals surface area contributed by atoms with Crippen molar-refractivity contribution in [3.63, 3.8) is 0 Å². The summed E-state index contributed by atoms with van der Waals surface area (Å²) < 4.78 is 28.2. The van der Waals surface area contributed by atoms with Gasteiger partial charge in [-0.05, 0) is 104 Å². The van der Waals surface area contributed by atoms with Crippen LogP contribution in [0.3, 0.4) is 0 Å². The Labute approximate surface area is 335 Å². The van der Waals surface area contributed by atoms with E-state index in [1.54, 1.807) is 43.3 Å². The number of thiophene rings is 1. The number of aliphatic hydroxyl groups excluding tert-OH is 1. The van der Waals surface area contributed by atoms with Gasteiger partial charge in [0.2, 0.25) is 10.0 Å². The van der Waals surface area contributed by atoms with Gasteiger partial charge in [0.25, 0.3) is 11.8 Å². The first-order valence-electron chi connectivity index (χ1n) is 19.0. The number of aliphatic carboxylic acids is 1. The van der Waals surface area contributed by atoms with Crippen LogP contribution in [0.5, 0.6) is 0 Å². The second-order valence-corrected chi connectivity index (χ2v) is 17.4. The Hall–Kier alpha value is -5.47. The normalized spacial score (nSPS) is 15.0. The minimum atomic E-state index is -4.22. The number of carbonyl (C=O) groups is 4. The maximum Gasteiger partial charge on any atom is 0.325 e. The van der Waals surface area contributed by atoms with E-state index in [9.17, 15) is 37.8 Å². The van der Waals surface area contributed by atoms with Gasteiger partial charge in [0.05, 0.1) is 10.5 Å². The summed E-state index contributed by atoms with van der Waals surface area (Å²) in [7, 11) is -4.22. The summed E-state index contributed by atoms with van der Waals surface area (Å²) >= 11 is 1.35. The summed E-state index contributed by atoms with van der Waals surface area (Å²) in [5.41, 5.74) is 3.54. The number of carbonyl (C=O) groups excluding carboxylic acids is 3. The number of fused-ring (bicyclic) bond motifs is 1. The molecule has 0 bridgehead atoms. The van der Waals surface area contributed by atoms with Crippen molar-refractivity contribution in [3.8, 4) is 0 Å². The lowest BCUT2D eigenvalue weighted by Crippen LogP contribution is -2.47. The Bertz CT molecular complexity index is 2420. The molecule has 2 aliphatic rings. The van der Waals surface area contributed by atoms with Crippen LogP contribution in [0.15, 0.2) is 108 Å². The fraction of sp³-hybridized carbons (Fsp3) is 0.273. The number of anilines is 2. The van der Waals surface area contributed by atoms with Gasteiger partial charge in [-0.25, -0.2) is 8.42 Å². The van der Waals surface area contributed by atoms with Crippen LogP contribution in [0.1, 0.15) is 96.9 Å². The largest absolute Gasteiger partial charge is 0.480 e. The second-order valence-electron chi connectivity index (χ2n) is 14.4. The number of carboxylic acids is 1. The van der Waals surface area contributed by atoms with Crippen molar-refractivity contribution in [2.45, 2.75) is 74.8 Å². The Morgan fingerprint density at radius 1 is 0.789 bits per heavy atom. The minimum absolute atomic E-state index is 0.0330. The molecule has 57 heavy (non-hydrogen) atoms. The Morgan fingerprint density at radius 2 is 1.44 bits per heavy atom. The van der Waals surface area contributed by atoms with E-state index in [4.69, 9.17) is 0 Å². The molecule has 4 aromatic carbocycles. The number of benzene rings is 4. The predicted octanol–water partition coefficient (Wildman–Crippen LogP) is 7.46. The summed E-state index contributed by atoms with van der Waals surface area (Å²) in [5.74, 6) is -2.49. The van der Waals surface area contributed by atoms with E-state index in [0.29, 0.717) is 33.8 Å². The molecule has 294 valence electrons.